The highest BCUT2D eigenvalue weighted by Crippen LogP contribution is 2.69. The van der Waals surface area contributed by atoms with Gasteiger partial charge in [0.05, 0.1) is 16.9 Å². The Morgan fingerprint density at radius 2 is 1.96 bits per heavy atom. The van der Waals surface area contributed by atoms with Crippen LogP contribution in [-0.2, 0) is 19.1 Å². The number of esters is 2. The van der Waals surface area contributed by atoms with Crippen molar-refractivity contribution in [2.24, 2.45) is 28.6 Å². The Hall–Kier alpha value is -1.14. The van der Waals surface area contributed by atoms with Crippen LogP contribution in [0.2, 0.25) is 0 Å². The molecule has 1 aliphatic heterocycles. The number of carbonyl (C=O) groups excluding carboxylic acids is 2. The van der Waals surface area contributed by atoms with Crippen molar-refractivity contribution < 1.29 is 29.3 Å². The Balaban J connectivity index is 2.17. The molecule has 130 valence electrons. The summed E-state index contributed by atoms with van der Waals surface area (Å²) in [5.41, 5.74) is -2.99. The first kappa shape index (κ1) is 16.7. The number of aliphatic hydroxyl groups is 2. The van der Waals surface area contributed by atoms with Gasteiger partial charge >= 0.3 is 11.9 Å². The molecule has 6 heteroatoms. The van der Waals surface area contributed by atoms with Crippen molar-refractivity contribution in [2.75, 3.05) is 0 Å². The maximum Gasteiger partial charge on any atom is 0.317 e. The van der Waals surface area contributed by atoms with Crippen molar-refractivity contribution in [1.29, 1.82) is 0 Å². The molecule has 1 saturated heterocycles. The summed E-state index contributed by atoms with van der Waals surface area (Å²) in [5, 5.41) is 22.0. The van der Waals surface area contributed by atoms with Gasteiger partial charge in [0.15, 0.2) is 0 Å². The fourth-order valence-corrected chi connectivity index (χ4v) is 5.92. The summed E-state index contributed by atoms with van der Waals surface area (Å²) >= 11 is 0. The zero-order valence-corrected chi connectivity index (χ0v) is 14.3. The number of hydrogen-bond acceptors (Lipinski definition) is 6. The van der Waals surface area contributed by atoms with Gasteiger partial charge in [0, 0.05) is 12.8 Å². The summed E-state index contributed by atoms with van der Waals surface area (Å²) in [5.74, 6) is -2.11. The molecule has 2 saturated carbocycles. The number of cyclic esters (lactones) is 1. The van der Waals surface area contributed by atoms with Crippen molar-refractivity contribution in [1.82, 2.24) is 0 Å². The summed E-state index contributed by atoms with van der Waals surface area (Å²) < 4.78 is 10.7. The molecule has 3 fully saturated rings. The third kappa shape index (κ3) is 1.94. The highest BCUT2D eigenvalue weighted by atomic mass is 16.6. The molecule has 6 nitrogen and oxygen atoms in total. The van der Waals surface area contributed by atoms with Crippen LogP contribution in [0.5, 0.6) is 0 Å². The maximum atomic E-state index is 12.5. The molecule has 0 aromatic heterocycles. The Labute approximate surface area is 136 Å². The van der Waals surface area contributed by atoms with Gasteiger partial charge in [-0.25, -0.2) is 0 Å². The molecule has 23 heavy (non-hydrogen) atoms. The lowest BCUT2D eigenvalue weighted by atomic mass is 9.54. The minimum Gasteiger partial charge on any atom is -0.462 e. The predicted molar refractivity (Wildman–Crippen MR) is 79.9 cm³/mol. The van der Waals surface area contributed by atoms with Crippen molar-refractivity contribution in [3.63, 3.8) is 0 Å². The smallest absolute Gasteiger partial charge is 0.317 e. The van der Waals surface area contributed by atoms with Crippen molar-refractivity contribution in [3.05, 3.63) is 0 Å². The lowest BCUT2D eigenvalue weighted by molar-refractivity contribution is -0.296. The molecule has 2 N–H and O–H groups in total. The first-order valence-corrected chi connectivity index (χ1v) is 8.24. The van der Waals surface area contributed by atoms with Crippen LogP contribution >= 0.6 is 0 Å². The van der Waals surface area contributed by atoms with E-state index in [2.05, 4.69) is 0 Å². The Morgan fingerprint density at radius 3 is 2.52 bits per heavy atom. The molecular formula is C17H26O6. The number of rotatable bonds is 1. The number of carbonyl (C=O) groups is 2. The first-order valence-electron chi connectivity index (χ1n) is 8.24. The maximum absolute atomic E-state index is 12.5. The number of ether oxygens (including phenoxy) is 2. The average Bonchev–Trinajstić information content (AvgIpc) is 2.51. The fourth-order valence-electron chi connectivity index (χ4n) is 5.92. The van der Waals surface area contributed by atoms with E-state index in [-0.39, 0.29) is 5.92 Å². The topological polar surface area (TPSA) is 93.1 Å². The third-order valence-electron chi connectivity index (χ3n) is 6.41. The molecule has 7 atom stereocenters. The molecular weight excluding hydrogens is 300 g/mol. The van der Waals surface area contributed by atoms with E-state index >= 15 is 0 Å². The van der Waals surface area contributed by atoms with E-state index in [1.165, 1.54) is 6.92 Å². The lowest BCUT2D eigenvalue weighted by Gasteiger charge is -2.58. The van der Waals surface area contributed by atoms with Crippen molar-refractivity contribution >= 4 is 11.9 Å². The van der Waals surface area contributed by atoms with Crippen LogP contribution in [0, 0.1) is 28.6 Å². The second-order valence-corrected chi connectivity index (χ2v) is 8.48. The SMILES string of the molecule is CC(=O)OC1CC(C)C2C(O)OC(=O)C3(C)CC(C)(C)C1C23O. The van der Waals surface area contributed by atoms with E-state index in [9.17, 15) is 19.8 Å². The quantitative estimate of drug-likeness (QED) is 0.704. The van der Waals surface area contributed by atoms with Crippen LogP contribution in [0.15, 0.2) is 0 Å². The average molecular weight is 326 g/mol. The Morgan fingerprint density at radius 1 is 1.35 bits per heavy atom. The summed E-state index contributed by atoms with van der Waals surface area (Å²) in [6.07, 6.45) is -0.845. The number of aliphatic hydroxyl groups excluding tert-OH is 1. The van der Waals surface area contributed by atoms with E-state index < -0.39 is 52.6 Å². The van der Waals surface area contributed by atoms with Gasteiger partial charge in [0.1, 0.15) is 6.10 Å². The highest BCUT2D eigenvalue weighted by Gasteiger charge is 2.78. The summed E-state index contributed by atoms with van der Waals surface area (Å²) in [6, 6.07) is 0. The molecule has 0 spiro atoms. The van der Waals surface area contributed by atoms with Gasteiger partial charge in [-0.3, -0.25) is 9.59 Å². The van der Waals surface area contributed by atoms with Crippen LogP contribution in [0.25, 0.3) is 0 Å². The van der Waals surface area contributed by atoms with Gasteiger partial charge in [-0.1, -0.05) is 20.8 Å². The highest BCUT2D eigenvalue weighted by molar-refractivity contribution is 5.80. The summed E-state index contributed by atoms with van der Waals surface area (Å²) in [4.78, 5) is 24.1. The molecule has 0 aromatic carbocycles. The summed E-state index contributed by atoms with van der Waals surface area (Å²) in [6.45, 7) is 8.90. The molecule has 3 aliphatic rings. The molecule has 2 aliphatic carbocycles. The molecule has 0 bridgehead atoms. The van der Waals surface area contributed by atoms with E-state index in [4.69, 9.17) is 9.47 Å². The molecule has 0 amide bonds. The van der Waals surface area contributed by atoms with E-state index in [0.717, 1.165) is 0 Å². The fraction of sp³-hybridized carbons (Fsp3) is 0.882. The standard InChI is InChI=1S/C17H26O6/c1-8-6-10(22-9(2)18)12-15(3,4)7-16(5)14(20)23-13(19)11(8)17(12,16)21/h8,10-13,19,21H,6-7H2,1-5H3. The van der Waals surface area contributed by atoms with Crippen LogP contribution in [-0.4, -0.2) is 40.1 Å². The van der Waals surface area contributed by atoms with E-state index in [0.29, 0.717) is 12.8 Å². The first-order chi connectivity index (χ1) is 10.4. The largest absolute Gasteiger partial charge is 0.462 e. The van der Waals surface area contributed by atoms with Gasteiger partial charge < -0.3 is 19.7 Å². The molecule has 1 heterocycles. The minimum atomic E-state index is -1.46. The molecule has 0 aromatic rings. The lowest BCUT2D eigenvalue weighted by Crippen LogP contribution is -2.70. The second kappa shape index (κ2) is 4.70. The van der Waals surface area contributed by atoms with Gasteiger partial charge in [0.25, 0.3) is 0 Å². The molecule has 0 radical (unpaired) electrons. The van der Waals surface area contributed by atoms with Gasteiger partial charge in [0.2, 0.25) is 6.29 Å². The van der Waals surface area contributed by atoms with Crippen LogP contribution in [0.4, 0.5) is 0 Å². The minimum absolute atomic E-state index is 0.142. The van der Waals surface area contributed by atoms with Crippen LogP contribution in [0.1, 0.15) is 47.5 Å². The van der Waals surface area contributed by atoms with E-state index in [1.54, 1.807) is 6.92 Å². The second-order valence-electron chi connectivity index (χ2n) is 8.48. The summed E-state index contributed by atoms with van der Waals surface area (Å²) in [7, 11) is 0. The normalized spacial score (nSPS) is 50.9. The van der Waals surface area contributed by atoms with Crippen LogP contribution < -0.4 is 0 Å². The zero-order valence-electron chi connectivity index (χ0n) is 14.3. The monoisotopic (exact) mass is 326 g/mol. The Kier molecular flexibility index (Phi) is 3.41. The van der Waals surface area contributed by atoms with E-state index in [1.807, 2.05) is 20.8 Å². The number of hydrogen-bond donors (Lipinski definition) is 2. The predicted octanol–water partition coefficient (Wildman–Crippen LogP) is 1.23. The third-order valence-corrected chi connectivity index (χ3v) is 6.41. The van der Waals surface area contributed by atoms with Gasteiger partial charge in [-0.15, -0.1) is 0 Å². The van der Waals surface area contributed by atoms with Gasteiger partial charge in [-0.2, -0.15) is 0 Å². The Bertz CT molecular complexity index is 557. The van der Waals surface area contributed by atoms with Gasteiger partial charge in [-0.05, 0) is 31.1 Å². The van der Waals surface area contributed by atoms with Crippen molar-refractivity contribution in [2.45, 2.75) is 65.5 Å². The molecule has 3 rings (SSSR count). The van der Waals surface area contributed by atoms with Crippen molar-refractivity contribution in [3.8, 4) is 0 Å². The van der Waals surface area contributed by atoms with Crippen LogP contribution in [0.3, 0.4) is 0 Å². The zero-order chi connectivity index (χ0) is 17.4. The molecule has 7 unspecified atom stereocenters.